The van der Waals surface area contributed by atoms with Crippen LogP contribution >= 0.6 is 0 Å². The Kier molecular flexibility index (Phi) is 6.22. The van der Waals surface area contributed by atoms with Crippen LogP contribution in [0, 0.1) is 0 Å². The molecule has 0 saturated heterocycles. The van der Waals surface area contributed by atoms with Gasteiger partial charge in [-0.3, -0.25) is 0 Å². The molecule has 0 aromatic heterocycles. The van der Waals surface area contributed by atoms with Crippen LogP contribution in [-0.2, 0) is 16.3 Å². The molecule has 0 aliphatic rings. The monoisotopic (exact) mass is 323 g/mol. The molecule has 1 atom stereocenters. The normalized spacial score (nSPS) is 14.1. The van der Waals surface area contributed by atoms with Crippen molar-refractivity contribution in [1.82, 2.24) is 5.32 Å². The summed E-state index contributed by atoms with van der Waals surface area (Å²) in [7, 11) is -5.26. The molecule has 1 aromatic carbocycles. The standard InChI is InChI=1S/C14H20F3NO2S/c1-3-5-12(18-4-2)10-11-6-8-13(9-7-11)21(19,20)14(15,16)17/h6-9,12,18H,3-5,10H2,1-2H3. The van der Waals surface area contributed by atoms with E-state index in [1.807, 2.05) is 6.92 Å². The molecule has 0 radical (unpaired) electrons. The number of alkyl halides is 3. The second-order valence-corrected chi connectivity index (χ2v) is 6.78. The fourth-order valence-corrected chi connectivity index (χ4v) is 2.90. The van der Waals surface area contributed by atoms with Crippen molar-refractivity contribution in [3.8, 4) is 0 Å². The number of benzene rings is 1. The lowest BCUT2D eigenvalue weighted by atomic mass is 10.0. The van der Waals surface area contributed by atoms with E-state index in [1.54, 1.807) is 0 Å². The summed E-state index contributed by atoms with van der Waals surface area (Å²) in [6.45, 7) is 4.86. The Morgan fingerprint density at radius 2 is 1.71 bits per heavy atom. The summed E-state index contributed by atoms with van der Waals surface area (Å²) >= 11 is 0. The van der Waals surface area contributed by atoms with E-state index in [2.05, 4.69) is 12.2 Å². The van der Waals surface area contributed by atoms with E-state index in [0.29, 0.717) is 6.42 Å². The van der Waals surface area contributed by atoms with Crippen molar-refractivity contribution in [3.63, 3.8) is 0 Å². The summed E-state index contributed by atoms with van der Waals surface area (Å²) in [5.41, 5.74) is -4.45. The second-order valence-electron chi connectivity index (χ2n) is 4.84. The number of nitrogens with one attached hydrogen (secondary N) is 1. The van der Waals surface area contributed by atoms with Gasteiger partial charge in [-0.25, -0.2) is 8.42 Å². The Morgan fingerprint density at radius 3 is 2.14 bits per heavy atom. The maximum absolute atomic E-state index is 12.4. The van der Waals surface area contributed by atoms with Gasteiger partial charge in [-0.1, -0.05) is 32.4 Å². The SMILES string of the molecule is CCCC(Cc1ccc(S(=O)(=O)C(F)(F)F)cc1)NCC. The lowest BCUT2D eigenvalue weighted by Crippen LogP contribution is -2.30. The molecule has 1 unspecified atom stereocenters. The predicted molar refractivity (Wildman–Crippen MR) is 75.8 cm³/mol. The van der Waals surface area contributed by atoms with Crippen molar-refractivity contribution in [1.29, 1.82) is 0 Å². The Morgan fingerprint density at radius 1 is 1.14 bits per heavy atom. The Labute approximate surface area is 123 Å². The number of rotatable bonds is 7. The zero-order valence-corrected chi connectivity index (χ0v) is 12.9. The minimum atomic E-state index is -5.26. The molecule has 1 N–H and O–H groups in total. The summed E-state index contributed by atoms with van der Waals surface area (Å²) < 4.78 is 59.8. The molecule has 0 amide bonds. The Hall–Kier alpha value is -1.08. The summed E-state index contributed by atoms with van der Waals surface area (Å²) in [6.07, 6.45) is 2.61. The molecule has 0 saturated carbocycles. The van der Waals surface area contributed by atoms with E-state index in [4.69, 9.17) is 0 Å². The first kappa shape index (κ1) is 18.0. The number of hydrogen-bond donors (Lipinski definition) is 1. The third-order valence-corrected chi connectivity index (χ3v) is 4.65. The predicted octanol–water partition coefficient (Wildman–Crippen LogP) is 3.30. The smallest absolute Gasteiger partial charge is 0.314 e. The molecular weight excluding hydrogens is 303 g/mol. The van der Waals surface area contributed by atoms with Crippen molar-refractivity contribution in [2.24, 2.45) is 0 Å². The van der Waals surface area contributed by atoms with E-state index in [1.165, 1.54) is 12.1 Å². The van der Waals surface area contributed by atoms with Gasteiger partial charge in [-0.15, -0.1) is 0 Å². The van der Waals surface area contributed by atoms with Gasteiger partial charge in [0.05, 0.1) is 4.90 Å². The van der Waals surface area contributed by atoms with Crippen LogP contribution in [0.4, 0.5) is 13.2 Å². The van der Waals surface area contributed by atoms with Crippen molar-refractivity contribution >= 4 is 9.84 Å². The van der Waals surface area contributed by atoms with Crippen LogP contribution in [0.2, 0.25) is 0 Å². The molecule has 1 rings (SSSR count). The molecule has 0 aliphatic heterocycles. The van der Waals surface area contributed by atoms with Gasteiger partial charge in [-0.05, 0) is 37.1 Å². The fourth-order valence-electron chi connectivity index (χ4n) is 2.14. The van der Waals surface area contributed by atoms with Crippen LogP contribution in [0.3, 0.4) is 0 Å². The summed E-state index contributed by atoms with van der Waals surface area (Å²) in [6, 6.07) is 5.17. The van der Waals surface area contributed by atoms with E-state index in [0.717, 1.165) is 37.1 Å². The second kappa shape index (κ2) is 7.26. The van der Waals surface area contributed by atoms with Crippen LogP contribution in [0.5, 0.6) is 0 Å². The lowest BCUT2D eigenvalue weighted by molar-refractivity contribution is -0.0436. The molecule has 0 fully saturated rings. The highest BCUT2D eigenvalue weighted by Gasteiger charge is 2.46. The maximum Gasteiger partial charge on any atom is 0.501 e. The lowest BCUT2D eigenvalue weighted by Gasteiger charge is -2.17. The number of halogens is 3. The van der Waals surface area contributed by atoms with Crippen LogP contribution in [-0.4, -0.2) is 26.5 Å². The summed E-state index contributed by atoms with van der Waals surface area (Å²) in [5.74, 6) is 0. The van der Waals surface area contributed by atoms with Crippen LogP contribution < -0.4 is 5.32 Å². The van der Waals surface area contributed by atoms with Crippen molar-refractivity contribution < 1.29 is 21.6 Å². The molecule has 0 heterocycles. The largest absolute Gasteiger partial charge is 0.501 e. The number of likely N-dealkylation sites (N-methyl/N-ethyl adjacent to an activating group) is 1. The minimum absolute atomic E-state index is 0.241. The first-order chi connectivity index (χ1) is 9.72. The Bertz CT molecular complexity index is 532. The quantitative estimate of drug-likeness (QED) is 0.837. The number of sulfone groups is 1. The third-order valence-electron chi connectivity index (χ3n) is 3.15. The van der Waals surface area contributed by atoms with Crippen molar-refractivity contribution in [2.45, 2.75) is 49.6 Å². The molecule has 0 spiro atoms. The molecule has 0 bridgehead atoms. The highest BCUT2D eigenvalue weighted by atomic mass is 32.2. The molecular formula is C14H20F3NO2S. The van der Waals surface area contributed by atoms with Crippen LogP contribution in [0.1, 0.15) is 32.3 Å². The van der Waals surface area contributed by atoms with Gasteiger partial charge in [0, 0.05) is 6.04 Å². The fraction of sp³-hybridized carbons (Fsp3) is 0.571. The molecule has 7 heteroatoms. The first-order valence-electron chi connectivity index (χ1n) is 6.86. The molecule has 21 heavy (non-hydrogen) atoms. The van der Waals surface area contributed by atoms with Crippen LogP contribution in [0.25, 0.3) is 0 Å². The van der Waals surface area contributed by atoms with Gasteiger partial charge >= 0.3 is 5.51 Å². The van der Waals surface area contributed by atoms with Gasteiger partial charge in [0.1, 0.15) is 0 Å². The highest BCUT2D eigenvalue weighted by Crippen LogP contribution is 2.30. The van der Waals surface area contributed by atoms with Gasteiger partial charge < -0.3 is 5.32 Å². The molecule has 0 aliphatic carbocycles. The van der Waals surface area contributed by atoms with Crippen molar-refractivity contribution in [3.05, 3.63) is 29.8 Å². The zero-order valence-electron chi connectivity index (χ0n) is 12.1. The molecule has 1 aromatic rings. The average Bonchev–Trinajstić information content (AvgIpc) is 2.38. The van der Waals surface area contributed by atoms with Gasteiger partial charge in [0.25, 0.3) is 9.84 Å². The maximum atomic E-state index is 12.4. The average molecular weight is 323 g/mol. The van der Waals surface area contributed by atoms with Crippen LogP contribution in [0.15, 0.2) is 29.2 Å². The zero-order chi connectivity index (χ0) is 16.1. The topological polar surface area (TPSA) is 46.2 Å². The molecule has 120 valence electrons. The van der Waals surface area contributed by atoms with E-state index in [9.17, 15) is 21.6 Å². The van der Waals surface area contributed by atoms with Gasteiger partial charge in [0.2, 0.25) is 0 Å². The summed E-state index contributed by atoms with van der Waals surface area (Å²) in [5, 5.41) is 3.30. The minimum Gasteiger partial charge on any atom is -0.314 e. The highest BCUT2D eigenvalue weighted by molar-refractivity contribution is 7.92. The van der Waals surface area contributed by atoms with Gasteiger partial charge in [0.15, 0.2) is 0 Å². The van der Waals surface area contributed by atoms with Gasteiger partial charge in [-0.2, -0.15) is 13.2 Å². The molecule has 3 nitrogen and oxygen atoms in total. The first-order valence-corrected chi connectivity index (χ1v) is 8.34. The van der Waals surface area contributed by atoms with E-state index in [-0.39, 0.29) is 6.04 Å². The number of hydrogen-bond acceptors (Lipinski definition) is 3. The third kappa shape index (κ3) is 4.71. The summed E-state index contributed by atoms with van der Waals surface area (Å²) in [4.78, 5) is -0.714. The van der Waals surface area contributed by atoms with E-state index >= 15 is 0 Å². The Balaban J connectivity index is 2.88. The van der Waals surface area contributed by atoms with E-state index < -0.39 is 20.2 Å². The van der Waals surface area contributed by atoms with Crippen molar-refractivity contribution in [2.75, 3.05) is 6.54 Å².